The van der Waals surface area contributed by atoms with Crippen LogP contribution < -0.4 is 0 Å². The van der Waals surface area contributed by atoms with Crippen molar-refractivity contribution in [3.05, 3.63) is 47.0 Å². The maximum absolute atomic E-state index is 9.75. The molecule has 0 aliphatic heterocycles. The molecule has 0 spiro atoms. The molecule has 2 aromatic carbocycles. The summed E-state index contributed by atoms with van der Waals surface area (Å²) in [5.41, 5.74) is 4.82. The minimum atomic E-state index is 0.258. The van der Waals surface area contributed by atoms with E-state index in [1.54, 1.807) is 12.1 Å². The second-order valence-electron chi connectivity index (χ2n) is 4.46. The van der Waals surface area contributed by atoms with Gasteiger partial charge < -0.3 is 10.2 Å². The Labute approximate surface area is 101 Å². The van der Waals surface area contributed by atoms with Crippen LogP contribution in [0.25, 0.3) is 11.1 Å². The molecule has 0 atom stereocenters. The van der Waals surface area contributed by atoms with Gasteiger partial charge >= 0.3 is 0 Å². The molecule has 2 aromatic rings. The minimum absolute atomic E-state index is 0.258. The first-order valence-corrected chi connectivity index (χ1v) is 5.59. The number of phenolic OH excluding ortho intramolecular Hbond substituents is 2. The Morgan fingerprint density at radius 2 is 1.35 bits per heavy atom. The van der Waals surface area contributed by atoms with Crippen molar-refractivity contribution in [3.8, 4) is 22.6 Å². The van der Waals surface area contributed by atoms with Crippen LogP contribution >= 0.6 is 0 Å². The summed E-state index contributed by atoms with van der Waals surface area (Å²) in [6.45, 7) is 5.76. The maximum Gasteiger partial charge on any atom is 0.121 e. The molecule has 2 nitrogen and oxygen atoms in total. The van der Waals surface area contributed by atoms with E-state index in [0.29, 0.717) is 5.75 Å². The summed E-state index contributed by atoms with van der Waals surface area (Å²) in [5, 5.41) is 19.3. The molecule has 2 N–H and O–H groups in total. The second-order valence-corrected chi connectivity index (χ2v) is 4.46. The first-order valence-electron chi connectivity index (χ1n) is 5.59. The maximum atomic E-state index is 9.75. The lowest BCUT2D eigenvalue weighted by molar-refractivity contribution is 0.467. The van der Waals surface area contributed by atoms with E-state index < -0.39 is 0 Å². The molecule has 0 aromatic heterocycles. The molecule has 0 bridgehead atoms. The van der Waals surface area contributed by atoms with E-state index >= 15 is 0 Å². The lowest BCUT2D eigenvalue weighted by Gasteiger charge is -2.10. The van der Waals surface area contributed by atoms with Crippen LogP contribution in [-0.4, -0.2) is 10.2 Å². The quantitative estimate of drug-likeness (QED) is 0.781. The van der Waals surface area contributed by atoms with E-state index in [0.717, 1.165) is 27.8 Å². The highest BCUT2D eigenvalue weighted by molar-refractivity contribution is 5.71. The van der Waals surface area contributed by atoms with Crippen molar-refractivity contribution in [1.29, 1.82) is 0 Å². The van der Waals surface area contributed by atoms with Crippen LogP contribution in [0.1, 0.15) is 16.7 Å². The Balaban J connectivity index is 2.64. The van der Waals surface area contributed by atoms with Crippen LogP contribution in [0.15, 0.2) is 30.3 Å². The highest BCUT2D eigenvalue weighted by Gasteiger charge is 2.08. The zero-order chi connectivity index (χ0) is 12.6. The largest absolute Gasteiger partial charge is 0.508 e. The fourth-order valence-corrected chi connectivity index (χ4v) is 2.03. The topological polar surface area (TPSA) is 40.5 Å². The number of phenols is 2. The van der Waals surface area contributed by atoms with Gasteiger partial charge in [-0.3, -0.25) is 0 Å². The molecule has 0 heterocycles. The van der Waals surface area contributed by atoms with E-state index in [9.17, 15) is 10.2 Å². The predicted molar refractivity (Wildman–Crippen MR) is 69.4 cm³/mol. The van der Waals surface area contributed by atoms with Gasteiger partial charge in [0.15, 0.2) is 0 Å². The summed E-state index contributed by atoms with van der Waals surface area (Å²) < 4.78 is 0. The molecule has 0 unspecified atom stereocenters. The molecule has 0 amide bonds. The fraction of sp³-hybridized carbons (Fsp3) is 0.200. The monoisotopic (exact) mass is 228 g/mol. The van der Waals surface area contributed by atoms with E-state index in [-0.39, 0.29) is 5.75 Å². The van der Waals surface area contributed by atoms with Gasteiger partial charge in [0.05, 0.1) is 0 Å². The summed E-state index contributed by atoms with van der Waals surface area (Å²) in [6, 6.07) is 9.19. The minimum Gasteiger partial charge on any atom is -0.508 e. The molecule has 88 valence electrons. The van der Waals surface area contributed by atoms with Gasteiger partial charge in [-0.15, -0.1) is 0 Å². The number of rotatable bonds is 1. The first kappa shape index (κ1) is 11.5. The third kappa shape index (κ3) is 2.11. The van der Waals surface area contributed by atoms with Gasteiger partial charge in [0.25, 0.3) is 0 Å². The van der Waals surface area contributed by atoms with Gasteiger partial charge in [-0.1, -0.05) is 6.07 Å². The van der Waals surface area contributed by atoms with E-state index in [1.165, 1.54) is 0 Å². The van der Waals surface area contributed by atoms with Gasteiger partial charge in [-0.25, -0.2) is 0 Å². The highest BCUT2D eigenvalue weighted by Crippen LogP contribution is 2.32. The average Bonchev–Trinajstić information content (AvgIpc) is 2.28. The Hall–Kier alpha value is -1.96. The van der Waals surface area contributed by atoms with Crippen molar-refractivity contribution in [3.63, 3.8) is 0 Å². The van der Waals surface area contributed by atoms with E-state index in [1.807, 2.05) is 39.0 Å². The van der Waals surface area contributed by atoms with Gasteiger partial charge in [-0.2, -0.15) is 0 Å². The molecule has 0 radical (unpaired) electrons. The van der Waals surface area contributed by atoms with Gasteiger partial charge in [0.1, 0.15) is 11.5 Å². The van der Waals surface area contributed by atoms with Gasteiger partial charge in [0.2, 0.25) is 0 Å². The van der Waals surface area contributed by atoms with Gasteiger partial charge in [0, 0.05) is 0 Å². The van der Waals surface area contributed by atoms with Crippen molar-refractivity contribution in [2.45, 2.75) is 20.8 Å². The standard InChI is InChI=1S/C15H16O2/c1-9-4-5-13(16)8-14(9)12-6-10(2)15(17)11(3)7-12/h4-8,16-17H,1-3H3. The van der Waals surface area contributed by atoms with Crippen LogP contribution in [0.5, 0.6) is 11.5 Å². The van der Waals surface area contributed by atoms with Crippen LogP contribution in [0, 0.1) is 20.8 Å². The molecular formula is C15H16O2. The molecule has 0 saturated carbocycles. The Bertz CT molecular complexity index is 548. The summed E-state index contributed by atoms with van der Waals surface area (Å²) in [4.78, 5) is 0. The molecule has 0 fully saturated rings. The Morgan fingerprint density at radius 1 is 0.765 bits per heavy atom. The van der Waals surface area contributed by atoms with E-state index in [2.05, 4.69) is 0 Å². The molecular weight excluding hydrogens is 212 g/mol. The lowest BCUT2D eigenvalue weighted by Crippen LogP contribution is -1.87. The van der Waals surface area contributed by atoms with Crippen molar-refractivity contribution < 1.29 is 10.2 Å². The van der Waals surface area contributed by atoms with Crippen molar-refractivity contribution >= 4 is 0 Å². The molecule has 2 rings (SSSR count). The van der Waals surface area contributed by atoms with Crippen molar-refractivity contribution in [2.24, 2.45) is 0 Å². The average molecular weight is 228 g/mol. The molecule has 0 aliphatic rings. The van der Waals surface area contributed by atoms with E-state index in [4.69, 9.17) is 0 Å². The number of hydrogen-bond acceptors (Lipinski definition) is 2. The number of benzene rings is 2. The molecule has 0 aliphatic carbocycles. The van der Waals surface area contributed by atoms with Crippen LogP contribution in [0.2, 0.25) is 0 Å². The summed E-state index contributed by atoms with van der Waals surface area (Å²) >= 11 is 0. The summed E-state index contributed by atoms with van der Waals surface area (Å²) in [6.07, 6.45) is 0. The van der Waals surface area contributed by atoms with Gasteiger partial charge in [-0.05, 0) is 72.9 Å². The van der Waals surface area contributed by atoms with Crippen LogP contribution in [-0.2, 0) is 0 Å². The molecule has 17 heavy (non-hydrogen) atoms. The zero-order valence-electron chi connectivity index (χ0n) is 10.3. The summed E-state index contributed by atoms with van der Waals surface area (Å²) in [7, 11) is 0. The summed E-state index contributed by atoms with van der Waals surface area (Å²) in [5.74, 6) is 0.598. The number of hydrogen-bond donors (Lipinski definition) is 2. The van der Waals surface area contributed by atoms with Crippen LogP contribution in [0.4, 0.5) is 0 Å². The zero-order valence-corrected chi connectivity index (χ0v) is 10.3. The Kier molecular flexibility index (Phi) is 2.80. The Morgan fingerprint density at radius 3 is 1.94 bits per heavy atom. The molecule has 2 heteroatoms. The highest BCUT2D eigenvalue weighted by atomic mass is 16.3. The third-order valence-corrected chi connectivity index (χ3v) is 3.02. The lowest BCUT2D eigenvalue weighted by atomic mass is 9.96. The fourth-order valence-electron chi connectivity index (χ4n) is 2.03. The molecule has 0 saturated heterocycles. The SMILES string of the molecule is Cc1ccc(O)cc1-c1cc(C)c(O)c(C)c1. The normalized spacial score (nSPS) is 10.5. The predicted octanol–water partition coefficient (Wildman–Crippen LogP) is 3.69. The smallest absolute Gasteiger partial charge is 0.121 e. The third-order valence-electron chi connectivity index (χ3n) is 3.02. The number of aryl methyl sites for hydroxylation is 3. The first-order chi connectivity index (χ1) is 7.99. The second kappa shape index (κ2) is 4.13. The van der Waals surface area contributed by atoms with Crippen molar-refractivity contribution in [1.82, 2.24) is 0 Å². The van der Waals surface area contributed by atoms with Crippen molar-refractivity contribution in [2.75, 3.05) is 0 Å². The number of aromatic hydroxyl groups is 2. The van der Waals surface area contributed by atoms with Crippen LogP contribution in [0.3, 0.4) is 0 Å².